The first-order chi connectivity index (χ1) is 9.51. The van der Waals surface area contributed by atoms with Gasteiger partial charge >= 0.3 is 0 Å². The van der Waals surface area contributed by atoms with Crippen molar-refractivity contribution in [3.05, 3.63) is 52.0 Å². The maximum atomic E-state index is 13.2. The number of hydrogen-bond acceptors (Lipinski definition) is 3. The van der Waals surface area contributed by atoms with E-state index in [9.17, 15) is 9.18 Å². The molecule has 2 aromatic rings. The monoisotopic (exact) mass is 337 g/mol. The average molecular weight is 338 g/mol. The molecule has 20 heavy (non-hydrogen) atoms. The maximum absolute atomic E-state index is 13.2. The molecule has 4 nitrogen and oxygen atoms in total. The minimum absolute atomic E-state index is 0.354. The summed E-state index contributed by atoms with van der Waals surface area (Å²) in [6.45, 7) is 1.84. The first-order valence-corrected chi connectivity index (χ1v) is 6.71. The van der Waals surface area contributed by atoms with E-state index in [0.717, 1.165) is 5.69 Å². The lowest BCUT2D eigenvalue weighted by molar-refractivity contribution is 0.102. The molecule has 0 saturated carbocycles. The van der Waals surface area contributed by atoms with Crippen LogP contribution in [0.1, 0.15) is 16.1 Å². The quantitative estimate of drug-likeness (QED) is 0.899. The molecule has 6 heteroatoms. The Bertz CT molecular complexity index is 661. The van der Waals surface area contributed by atoms with Gasteiger partial charge in [-0.25, -0.2) is 4.39 Å². The van der Waals surface area contributed by atoms with Crippen LogP contribution in [0.2, 0.25) is 0 Å². The summed E-state index contributed by atoms with van der Waals surface area (Å²) in [4.78, 5) is 16.3. The first-order valence-electron chi connectivity index (χ1n) is 5.92. The Morgan fingerprint density at radius 1 is 1.30 bits per heavy atom. The number of amides is 1. The lowest BCUT2D eigenvalue weighted by Gasteiger charge is -2.11. The number of carbonyl (C=O) groups is 1. The van der Waals surface area contributed by atoms with Crippen LogP contribution in [0.15, 0.2) is 34.9 Å². The van der Waals surface area contributed by atoms with E-state index in [2.05, 4.69) is 31.5 Å². The second-order valence-electron chi connectivity index (χ2n) is 4.20. The number of benzene rings is 1. The van der Waals surface area contributed by atoms with E-state index in [-0.39, 0.29) is 5.91 Å². The first kappa shape index (κ1) is 14.5. The van der Waals surface area contributed by atoms with E-state index in [1.54, 1.807) is 13.1 Å². The van der Waals surface area contributed by atoms with Crippen molar-refractivity contribution in [2.75, 3.05) is 17.7 Å². The van der Waals surface area contributed by atoms with Crippen LogP contribution < -0.4 is 10.6 Å². The Morgan fingerprint density at radius 2 is 2.05 bits per heavy atom. The van der Waals surface area contributed by atoms with Crippen LogP contribution >= 0.6 is 15.9 Å². The Kier molecular flexibility index (Phi) is 4.34. The highest BCUT2D eigenvalue weighted by Gasteiger charge is 2.13. The van der Waals surface area contributed by atoms with Crippen molar-refractivity contribution in [2.45, 2.75) is 6.92 Å². The summed E-state index contributed by atoms with van der Waals surface area (Å²) in [6, 6.07) is 5.88. The summed E-state index contributed by atoms with van der Waals surface area (Å²) < 4.78 is 13.8. The fourth-order valence-electron chi connectivity index (χ4n) is 1.73. The number of anilines is 2. The molecule has 1 amide bonds. The van der Waals surface area contributed by atoms with Gasteiger partial charge in [-0.3, -0.25) is 9.78 Å². The number of rotatable bonds is 3. The fourth-order valence-corrected chi connectivity index (χ4v) is 2.08. The van der Waals surface area contributed by atoms with E-state index < -0.39 is 5.82 Å². The zero-order chi connectivity index (χ0) is 14.7. The highest BCUT2D eigenvalue weighted by atomic mass is 79.9. The molecule has 0 saturated heterocycles. The smallest absolute Gasteiger partial charge is 0.259 e. The van der Waals surface area contributed by atoms with Crippen LogP contribution in [-0.4, -0.2) is 17.9 Å². The number of halogens is 2. The second kappa shape index (κ2) is 6.00. The van der Waals surface area contributed by atoms with Crippen molar-refractivity contribution in [3.63, 3.8) is 0 Å². The van der Waals surface area contributed by atoms with Gasteiger partial charge in [-0.15, -0.1) is 0 Å². The van der Waals surface area contributed by atoms with E-state index in [1.165, 1.54) is 24.4 Å². The summed E-state index contributed by atoms with van der Waals surface area (Å²) >= 11 is 3.27. The maximum Gasteiger partial charge on any atom is 0.259 e. The molecule has 1 aromatic heterocycles. The van der Waals surface area contributed by atoms with Gasteiger partial charge in [0.15, 0.2) is 0 Å². The van der Waals surface area contributed by atoms with Gasteiger partial charge in [-0.05, 0) is 47.1 Å². The molecule has 0 atom stereocenters. The van der Waals surface area contributed by atoms with Crippen LogP contribution in [0.4, 0.5) is 15.8 Å². The Hall–Kier alpha value is -1.95. The van der Waals surface area contributed by atoms with Crippen molar-refractivity contribution in [1.82, 2.24) is 4.98 Å². The van der Waals surface area contributed by atoms with Gasteiger partial charge in [-0.2, -0.15) is 0 Å². The van der Waals surface area contributed by atoms with Crippen molar-refractivity contribution in [2.24, 2.45) is 0 Å². The van der Waals surface area contributed by atoms with Gasteiger partial charge < -0.3 is 10.6 Å². The van der Waals surface area contributed by atoms with Gasteiger partial charge in [0.2, 0.25) is 0 Å². The molecule has 2 N–H and O–H groups in total. The molecule has 2 rings (SSSR count). The molecule has 0 fully saturated rings. The number of nitrogens with zero attached hydrogens (tertiary/aromatic N) is 1. The zero-order valence-electron chi connectivity index (χ0n) is 11.0. The predicted octanol–water partition coefficient (Wildman–Crippen LogP) is 3.59. The van der Waals surface area contributed by atoms with Crippen LogP contribution in [0.25, 0.3) is 0 Å². The molecular weight excluding hydrogens is 325 g/mol. The third-order valence-corrected chi connectivity index (χ3v) is 3.42. The minimum Gasteiger partial charge on any atom is -0.387 e. The van der Waals surface area contributed by atoms with Crippen LogP contribution in [-0.2, 0) is 0 Å². The highest BCUT2D eigenvalue weighted by molar-refractivity contribution is 9.10. The molecule has 0 aliphatic rings. The molecule has 0 radical (unpaired) electrons. The predicted molar refractivity (Wildman–Crippen MR) is 80.6 cm³/mol. The van der Waals surface area contributed by atoms with Crippen molar-refractivity contribution in [1.29, 1.82) is 0 Å². The van der Waals surface area contributed by atoms with Crippen molar-refractivity contribution < 1.29 is 9.18 Å². The highest BCUT2D eigenvalue weighted by Crippen LogP contribution is 2.24. The SMILES string of the molecule is CNc1cc(C)ncc1C(=O)Nc1cc(F)ccc1Br. The Balaban J connectivity index is 2.30. The summed E-state index contributed by atoms with van der Waals surface area (Å²) in [5, 5.41) is 5.60. The number of nitrogens with one attached hydrogen (secondary N) is 2. The van der Waals surface area contributed by atoms with Gasteiger partial charge in [-0.1, -0.05) is 0 Å². The lowest BCUT2D eigenvalue weighted by Crippen LogP contribution is -2.15. The normalized spacial score (nSPS) is 10.2. The third kappa shape index (κ3) is 3.14. The standard InChI is InChI=1S/C14H13BrFN3O/c1-8-5-12(17-2)10(7-18-8)14(20)19-13-6-9(16)3-4-11(13)15/h3-7H,1-2H3,(H,17,18)(H,19,20). The molecule has 1 aromatic carbocycles. The summed E-state index contributed by atoms with van der Waals surface area (Å²) in [5.41, 5.74) is 2.24. The van der Waals surface area contributed by atoms with E-state index in [4.69, 9.17) is 0 Å². The summed E-state index contributed by atoms with van der Waals surface area (Å²) in [6.07, 6.45) is 1.49. The summed E-state index contributed by atoms with van der Waals surface area (Å²) in [5.74, 6) is -0.771. The van der Waals surface area contributed by atoms with Crippen LogP contribution in [0.5, 0.6) is 0 Å². The second-order valence-corrected chi connectivity index (χ2v) is 5.05. The molecule has 0 bridgehead atoms. The zero-order valence-corrected chi connectivity index (χ0v) is 12.6. The van der Waals surface area contributed by atoms with Gasteiger partial charge in [0.25, 0.3) is 5.91 Å². The molecule has 104 valence electrons. The van der Waals surface area contributed by atoms with Gasteiger partial charge in [0.05, 0.1) is 16.9 Å². The van der Waals surface area contributed by atoms with Crippen LogP contribution in [0.3, 0.4) is 0 Å². The molecular formula is C14H13BrFN3O. The molecule has 0 aliphatic heterocycles. The topological polar surface area (TPSA) is 54.0 Å². The molecule has 0 spiro atoms. The number of aromatic nitrogens is 1. The Labute approximate surface area is 124 Å². The molecule has 0 aliphatic carbocycles. The minimum atomic E-state index is -0.417. The third-order valence-electron chi connectivity index (χ3n) is 2.73. The summed E-state index contributed by atoms with van der Waals surface area (Å²) in [7, 11) is 1.73. The fraction of sp³-hybridized carbons (Fsp3) is 0.143. The van der Waals surface area contributed by atoms with Crippen LogP contribution in [0, 0.1) is 12.7 Å². The number of pyridine rings is 1. The van der Waals surface area contributed by atoms with E-state index in [1.807, 2.05) is 6.92 Å². The largest absolute Gasteiger partial charge is 0.387 e. The van der Waals surface area contributed by atoms with E-state index in [0.29, 0.717) is 21.4 Å². The van der Waals surface area contributed by atoms with Crippen molar-refractivity contribution in [3.8, 4) is 0 Å². The van der Waals surface area contributed by atoms with E-state index >= 15 is 0 Å². The number of carbonyl (C=O) groups excluding carboxylic acids is 1. The molecule has 1 heterocycles. The van der Waals surface area contributed by atoms with Gasteiger partial charge in [0.1, 0.15) is 5.82 Å². The Morgan fingerprint density at radius 3 is 2.75 bits per heavy atom. The number of hydrogen-bond donors (Lipinski definition) is 2. The van der Waals surface area contributed by atoms with Crippen molar-refractivity contribution >= 4 is 33.2 Å². The molecule has 0 unspecified atom stereocenters. The average Bonchev–Trinajstić information content (AvgIpc) is 2.42. The lowest BCUT2D eigenvalue weighted by atomic mass is 10.2. The number of aryl methyl sites for hydroxylation is 1. The van der Waals surface area contributed by atoms with Gasteiger partial charge in [0, 0.05) is 23.4 Å².